The van der Waals surface area contributed by atoms with Gasteiger partial charge in [0, 0.05) is 23.5 Å². The molecule has 6 N–H and O–H groups in total. The first-order valence-electron chi connectivity index (χ1n) is 14.6. The molecule has 0 bridgehead atoms. The van der Waals surface area contributed by atoms with E-state index in [-0.39, 0.29) is 23.6 Å². The molecular formula is C30H34N7O8P. The molecule has 16 heteroatoms. The van der Waals surface area contributed by atoms with Crippen LogP contribution in [0.1, 0.15) is 25.6 Å². The monoisotopic (exact) mass is 651 g/mol. The van der Waals surface area contributed by atoms with Gasteiger partial charge in [-0.2, -0.15) is 5.09 Å². The van der Waals surface area contributed by atoms with Gasteiger partial charge in [-0.1, -0.05) is 36.4 Å². The second-order valence-electron chi connectivity index (χ2n) is 11.1. The first-order valence-corrected chi connectivity index (χ1v) is 16.1. The van der Waals surface area contributed by atoms with Gasteiger partial charge in [-0.3, -0.25) is 13.9 Å². The Morgan fingerprint density at radius 1 is 1.11 bits per heavy atom. The lowest BCUT2D eigenvalue weighted by molar-refractivity contribution is -0.149. The van der Waals surface area contributed by atoms with E-state index in [1.807, 2.05) is 24.3 Å². The number of benzene rings is 2. The lowest BCUT2D eigenvalue weighted by Gasteiger charge is -2.26. The van der Waals surface area contributed by atoms with Gasteiger partial charge in [0.1, 0.15) is 41.9 Å². The summed E-state index contributed by atoms with van der Waals surface area (Å²) >= 11 is 0. The predicted octanol–water partition coefficient (Wildman–Crippen LogP) is 2.87. The molecule has 6 atom stereocenters. The van der Waals surface area contributed by atoms with Crippen molar-refractivity contribution in [3.8, 4) is 5.75 Å². The number of fused-ring (bicyclic) bond motifs is 2. The summed E-state index contributed by atoms with van der Waals surface area (Å²) in [5.41, 5.74) is 8.12. The van der Waals surface area contributed by atoms with Crippen LogP contribution in [0.15, 0.2) is 73.4 Å². The Balaban J connectivity index is 1.25. The molecule has 1 fully saturated rings. The number of aliphatic hydroxyl groups is 2. The number of carbonyl (C=O) groups is 1. The van der Waals surface area contributed by atoms with Crippen LogP contribution in [0, 0.1) is 0 Å². The van der Waals surface area contributed by atoms with Gasteiger partial charge in [0.25, 0.3) is 0 Å². The van der Waals surface area contributed by atoms with E-state index in [0.29, 0.717) is 5.52 Å². The lowest BCUT2D eigenvalue weighted by atomic mass is 10.1. The van der Waals surface area contributed by atoms with Gasteiger partial charge in [-0.05, 0) is 37.6 Å². The van der Waals surface area contributed by atoms with Gasteiger partial charge < -0.3 is 34.9 Å². The third kappa shape index (κ3) is 6.60. The molecule has 0 spiro atoms. The van der Waals surface area contributed by atoms with Crippen molar-refractivity contribution in [1.82, 2.24) is 29.6 Å². The minimum Gasteiger partial charge on any atom is -0.462 e. The SMILES string of the molecule is CC(C)OC(=O)[C@H](Cc1c[nH]c2ccccc12)N[P@](=O)(OC[C@H]1O[C@@H](n2cnc3c(N)ncnc32)[C@@H](O)[C@@H]1O)Oc1ccccc1. The summed E-state index contributed by atoms with van der Waals surface area (Å²) in [5.74, 6) is -0.323. The minimum absolute atomic E-state index is 0.0864. The third-order valence-electron chi connectivity index (χ3n) is 7.43. The number of ether oxygens (including phenoxy) is 2. The van der Waals surface area contributed by atoms with Gasteiger partial charge in [-0.15, -0.1) is 0 Å². The number of hydrogen-bond donors (Lipinski definition) is 5. The van der Waals surface area contributed by atoms with E-state index in [1.54, 1.807) is 50.4 Å². The van der Waals surface area contributed by atoms with Gasteiger partial charge in [-0.25, -0.2) is 19.5 Å². The molecule has 5 aromatic rings. The highest BCUT2D eigenvalue weighted by atomic mass is 31.2. The fraction of sp³-hybridized carbons (Fsp3) is 0.333. The van der Waals surface area contributed by atoms with Crippen LogP contribution in [0.25, 0.3) is 22.1 Å². The van der Waals surface area contributed by atoms with Gasteiger partial charge in [0.05, 0.1) is 19.0 Å². The van der Waals surface area contributed by atoms with Crippen molar-refractivity contribution in [3.63, 3.8) is 0 Å². The molecule has 4 heterocycles. The normalized spacial score (nSPS) is 21.8. The fourth-order valence-electron chi connectivity index (χ4n) is 5.24. The Labute approximate surface area is 263 Å². The summed E-state index contributed by atoms with van der Waals surface area (Å²) < 4.78 is 39.0. The number of nitrogens with zero attached hydrogens (tertiary/aromatic N) is 4. The van der Waals surface area contributed by atoms with Gasteiger partial charge in [0.2, 0.25) is 0 Å². The number of imidazole rings is 1. The molecule has 0 aliphatic carbocycles. The molecule has 46 heavy (non-hydrogen) atoms. The highest BCUT2D eigenvalue weighted by Crippen LogP contribution is 2.46. The van der Waals surface area contributed by atoms with Crippen LogP contribution in [-0.4, -0.2) is 77.7 Å². The summed E-state index contributed by atoms with van der Waals surface area (Å²) in [7, 11) is -4.39. The number of aromatic amines is 1. The number of rotatable bonds is 12. The number of nitrogens with two attached hydrogens (primary N) is 1. The average molecular weight is 652 g/mol. The van der Waals surface area contributed by atoms with Crippen molar-refractivity contribution in [1.29, 1.82) is 0 Å². The Bertz CT molecular complexity index is 1870. The van der Waals surface area contributed by atoms with Crippen molar-refractivity contribution in [2.45, 2.75) is 57.0 Å². The molecular weight excluding hydrogens is 617 g/mol. The molecule has 15 nitrogen and oxygen atoms in total. The number of H-pyrrole nitrogens is 1. The number of aliphatic hydroxyl groups excluding tert-OH is 2. The van der Waals surface area contributed by atoms with Crippen molar-refractivity contribution >= 4 is 41.6 Å². The summed E-state index contributed by atoms with van der Waals surface area (Å²) in [5, 5.41) is 25.5. The zero-order valence-electron chi connectivity index (χ0n) is 25.0. The Hall–Kier alpha value is -4.37. The van der Waals surface area contributed by atoms with Crippen LogP contribution in [0.5, 0.6) is 5.75 Å². The molecule has 6 rings (SSSR count). The molecule has 1 aliphatic heterocycles. The standard InChI is InChI=1S/C30H34N7O8P/c1-17(2)43-30(40)22(12-18-13-32-21-11-7-6-10-20(18)21)36-46(41,45-19-8-4-3-5-9-19)42-14-23-25(38)26(39)29(44-23)37-16-35-24-27(31)33-15-34-28(24)37/h3-11,13,15-17,22-23,25-26,29,32,38-39H,12,14H2,1-2H3,(H,36,41)(H2,31,33,34)/t22-,23+,25+,26-,29+,46-/m0/s1. The van der Waals surface area contributed by atoms with Crippen LogP contribution in [0.2, 0.25) is 0 Å². The number of nitrogen functional groups attached to an aromatic ring is 1. The number of aromatic nitrogens is 5. The quantitative estimate of drug-likeness (QED) is 0.0972. The lowest BCUT2D eigenvalue weighted by Crippen LogP contribution is -2.41. The zero-order valence-corrected chi connectivity index (χ0v) is 25.9. The first-order chi connectivity index (χ1) is 22.1. The fourth-order valence-corrected chi connectivity index (χ4v) is 6.74. The Kier molecular flexibility index (Phi) is 9.04. The van der Waals surface area contributed by atoms with E-state index in [1.165, 1.54) is 17.2 Å². The van der Waals surface area contributed by atoms with E-state index < -0.39 is 57.0 Å². The van der Waals surface area contributed by atoms with Crippen molar-refractivity contribution in [3.05, 3.63) is 79.0 Å². The second kappa shape index (κ2) is 13.2. The minimum atomic E-state index is -4.39. The molecule has 0 saturated carbocycles. The molecule has 3 aromatic heterocycles. The Morgan fingerprint density at radius 3 is 2.65 bits per heavy atom. The number of nitrogens with one attached hydrogen (secondary N) is 2. The summed E-state index contributed by atoms with van der Waals surface area (Å²) in [6.07, 6.45) is -1.16. The average Bonchev–Trinajstić information content (AvgIpc) is 3.73. The van der Waals surface area contributed by atoms with E-state index in [4.69, 9.17) is 24.3 Å². The van der Waals surface area contributed by atoms with Crippen LogP contribution in [-0.2, 0) is 29.8 Å². The van der Waals surface area contributed by atoms with Crippen LogP contribution >= 0.6 is 7.75 Å². The number of hydrogen-bond acceptors (Lipinski definition) is 12. The number of esters is 1. The molecule has 242 valence electrons. The number of anilines is 1. The van der Waals surface area contributed by atoms with E-state index in [0.717, 1.165) is 16.5 Å². The topological polar surface area (TPSA) is 209 Å². The molecule has 1 aliphatic rings. The van der Waals surface area contributed by atoms with Crippen molar-refractivity contribution in [2.75, 3.05) is 12.3 Å². The van der Waals surface area contributed by atoms with E-state index in [9.17, 15) is 19.6 Å². The predicted molar refractivity (Wildman–Crippen MR) is 166 cm³/mol. The molecule has 0 radical (unpaired) electrons. The molecule has 2 aromatic carbocycles. The zero-order chi connectivity index (χ0) is 32.4. The molecule has 1 saturated heterocycles. The third-order valence-corrected chi connectivity index (χ3v) is 8.99. The van der Waals surface area contributed by atoms with Gasteiger partial charge >= 0.3 is 13.7 Å². The largest absolute Gasteiger partial charge is 0.462 e. The maximum Gasteiger partial charge on any atom is 0.459 e. The highest BCUT2D eigenvalue weighted by Gasteiger charge is 2.46. The van der Waals surface area contributed by atoms with Crippen molar-refractivity contribution in [2.24, 2.45) is 0 Å². The van der Waals surface area contributed by atoms with Crippen LogP contribution in [0.4, 0.5) is 5.82 Å². The second-order valence-corrected chi connectivity index (χ2v) is 12.8. The van der Waals surface area contributed by atoms with Crippen LogP contribution < -0.4 is 15.3 Å². The maximum atomic E-state index is 14.4. The smallest absolute Gasteiger partial charge is 0.459 e. The summed E-state index contributed by atoms with van der Waals surface area (Å²) in [6.45, 7) is 2.93. The van der Waals surface area contributed by atoms with E-state index in [2.05, 4.69) is 25.0 Å². The molecule has 0 unspecified atom stereocenters. The number of carbonyl (C=O) groups excluding carboxylic acids is 1. The Morgan fingerprint density at radius 2 is 1.87 bits per heavy atom. The molecule has 0 amide bonds. The van der Waals surface area contributed by atoms with Gasteiger partial charge in [0.15, 0.2) is 17.7 Å². The highest BCUT2D eigenvalue weighted by molar-refractivity contribution is 7.52. The van der Waals surface area contributed by atoms with Crippen molar-refractivity contribution < 1.29 is 38.1 Å². The number of para-hydroxylation sites is 2. The van der Waals surface area contributed by atoms with E-state index >= 15 is 0 Å². The summed E-state index contributed by atoms with van der Waals surface area (Å²) in [6, 6.07) is 14.7. The first kappa shape index (κ1) is 31.6. The maximum absolute atomic E-state index is 14.4. The summed E-state index contributed by atoms with van der Waals surface area (Å²) in [4.78, 5) is 28.8. The van der Waals surface area contributed by atoms with Crippen LogP contribution in [0.3, 0.4) is 0 Å².